The van der Waals surface area contributed by atoms with E-state index in [0.29, 0.717) is 71.0 Å². The zero-order valence-corrected chi connectivity index (χ0v) is 33.2. The number of unbranched alkanes of at least 4 members (excludes halogenated alkanes) is 2. The van der Waals surface area contributed by atoms with Gasteiger partial charge in [0, 0.05) is 57.3 Å². The lowest BCUT2D eigenvalue weighted by Crippen LogP contribution is -2.47. The highest BCUT2D eigenvalue weighted by molar-refractivity contribution is 6.21. The van der Waals surface area contributed by atoms with Crippen LogP contribution in [0.4, 0.5) is 11.4 Å². The number of carbonyl (C=O) groups is 5. The summed E-state index contributed by atoms with van der Waals surface area (Å²) in [5, 5.41) is 2.93. The van der Waals surface area contributed by atoms with Gasteiger partial charge in [-0.05, 0) is 106 Å². The number of nitrogens with zero attached hydrogens (tertiary/aromatic N) is 4. The van der Waals surface area contributed by atoms with E-state index in [1.165, 1.54) is 16.9 Å². The van der Waals surface area contributed by atoms with E-state index in [-0.39, 0.29) is 36.1 Å². The smallest absolute Gasteiger partial charge is 0.261 e. The van der Waals surface area contributed by atoms with Gasteiger partial charge < -0.3 is 29.5 Å². The average Bonchev–Trinajstić information content (AvgIpc) is 3.46. The van der Waals surface area contributed by atoms with Crippen LogP contribution in [0, 0.1) is 6.92 Å². The maximum atomic E-state index is 13.8. The van der Waals surface area contributed by atoms with Gasteiger partial charge in [-0.15, -0.1) is 0 Å². The van der Waals surface area contributed by atoms with Crippen LogP contribution in [0.25, 0.3) is 0 Å². The molecule has 0 bridgehead atoms. The molecule has 12 heteroatoms. The number of nitrogens with one attached hydrogen (secondary N) is 1. The van der Waals surface area contributed by atoms with E-state index in [0.717, 1.165) is 56.6 Å². The standard InChI is InChI=1S/C45H51N5O7/c1-31-19-22-38(40(29-31)57-28-11-5-6-18-41(51)49-26-24-47(2)25-27-49)48(3)43(53)33-20-21-37(39(30-33)56-4)46-42(52)34-15-8-7-13-32(34)14-12-23-50-44(54)35-16-9-10-17-36(35)45(50)55/h7-10,13,15-17,19-22,29-30H,5-6,11-12,14,18,23-28H2,1-4H3,(H,46,52). The van der Waals surface area contributed by atoms with Crippen LogP contribution in [0.5, 0.6) is 11.5 Å². The number of carbonyl (C=O) groups excluding carboxylic acids is 5. The Hall–Kier alpha value is -6.01. The van der Waals surface area contributed by atoms with Gasteiger partial charge in [-0.2, -0.15) is 0 Å². The summed E-state index contributed by atoms with van der Waals surface area (Å²) < 4.78 is 11.8. The molecule has 0 aromatic heterocycles. The predicted molar refractivity (Wildman–Crippen MR) is 219 cm³/mol. The minimum absolute atomic E-state index is 0.217. The van der Waals surface area contributed by atoms with Gasteiger partial charge >= 0.3 is 0 Å². The molecule has 4 aromatic rings. The SMILES string of the molecule is COc1cc(C(=O)N(C)c2ccc(C)cc2OCCCCCC(=O)N2CCN(C)CC2)ccc1NC(=O)c1ccccc1CCCN1C(=O)c2ccccc2C1=O. The van der Waals surface area contributed by atoms with E-state index in [1.54, 1.807) is 61.6 Å². The number of benzene rings is 4. The molecule has 5 amide bonds. The lowest BCUT2D eigenvalue weighted by molar-refractivity contribution is -0.132. The van der Waals surface area contributed by atoms with Crippen molar-refractivity contribution in [1.82, 2.24) is 14.7 Å². The van der Waals surface area contributed by atoms with Crippen molar-refractivity contribution in [2.45, 2.75) is 45.4 Å². The van der Waals surface area contributed by atoms with Crippen molar-refractivity contribution in [2.24, 2.45) is 0 Å². The number of anilines is 2. The zero-order valence-electron chi connectivity index (χ0n) is 33.2. The lowest BCUT2D eigenvalue weighted by Gasteiger charge is -2.32. The lowest BCUT2D eigenvalue weighted by atomic mass is 10.0. The number of amides is 5. The second-order valence-corrected chi connectivity index (χ2v) is 14.6. The third-order valence-corrected chi connectivity index (χ3v) is 10.6. The molecule has 12 nitrogen and oxygen atoms in total. The molecule has 0 saturated carbocycles. The Morgan fingerprint density at radius 3 is 2.21 bits per heavy atom. The molecule has 57 heavy (non-hydrogen) atoms. The highest BCUT2D eigenvalue weighted by Crippen LogP contribution is 2.32. The van der Waals surface area contributed by atoms with Crippen molar-refractivity contribution in [2.75, 3.05) is 70.8 Å². The fraction of sp³-hybridized carbons (Fsp3) is 0.356. The number of hydrogen-bond donors (Lipinski definition) is 1. The molecule has 2 heterocycles. The molecule has 0 unspecified atom stereocenters. The summed E-state index contributed by atoms with van der Waals surface area (Å²) in [7, 11) is 5.24. The van der Waals surface area contributed by atoms with Gasteiger partial charge in [-0.25, -0.2) is 0 Å². The summed E-state index contributed by atoms with van der Waals surface area (Å²) in [6, 6.07) is 24.6. The molecule has 2 aliphatic rings. The molecule has 1 fully saturated rings. The molecule has 0 radical (unpaired) electrons. The molecule has 1 N–H and O–H groups in total. The Bertz CT molecular complexity index is 2090. The molecule has 1 saturated heterocycles. The number of fused-ring (bicyclic) bond motifs is 1. The van der Waals surface area contributed by atoms with Crippen LogP contribution in [0.15, 0.2) is 84.9 Å². The molecule has 0 atom stereocenters. The maximum absolute atomic E-state index is 13.8. The fourth-order valence-corrected chi connectivity index (χ4v) is 7.22. The average molecular weight is 774 g/mol. The molecule has 0 aliphatic carbocycles. The van der Waals surface area contributed by atoms with E-state index in [9.17, 15) is 24.0 Å². The Morgan fingerprint density at radius 1 is 0.789 bits per heavy atom. The Kier molecular flexibility index (Phi) is 13.4. The van der Waals surface area contributed by atoms with E-state index in [4.69, 9.17) is 9.47 Å². The molecule has 4 aromatic carbocycles. The Balaban J connectivity index is 1.03. The van der Waals surface area contributed by atoms with Crippen molar-refractivity contribution in [3.8, 4) is 11.5 Å². The summed E-state index contributed by atoms with van der Waals surface area (Å²) in [5.74, 6) is -0.120. The number of rotatable bonds is 16. The minimum atomic E-state index is -0.357. The number of imide groups is 1. The van der Waals surface area contributed by atoms with Crippen molar-refractivity contribution in [3.63, 3.8) is 0 Å². The predicted octanol–water partition coefficient (Wildman–Crippen LogP) is 6.47. The van der Waals surface area contributed by atoms with E-state index < -0.39 is 0 Å². The van der Waals surface area contributed by atoms with Crippen molar-refractivity contribution in [1.29, 1.82) is 0 Å². The largest absolute Gasteiger partial charge is 0.495 e. The van der Waals surface area contributed by atoms with Crippen molar-refractivity contribution < 1.29 is 33.4 Å². The van der Waals surface area contributed by atoms with Gasteiger partial charge in [-0.1, -0.05) is 36.4 Å². The molecular formula is C45H51N5O7. The summed E-state index contributed by atoms with van der Waals surface area (Å²) >= 11 is 0. The van der Waals surface area contributed by atoms with Crippen LogP contribution in [-0.2, 0) is 11.2 Å². The molecule has 0 spiro atoms. The van der Waals surface area contributed by atoms with Gasteiger partial charge in [0.05, 0.1) is 36.2 Å². The topological polar surface area (TPSA) is 129 Å². The number of piperazine rings is 1. The molecule has 2 aliphatic heterocycles. The summed E-state index contributed by atoms with van der Waals surface area (Å²) in [6.07, 6.45) is 3.94. The van der Waals surface area contributed by atoms with Crippen molar-refractivity contribution in [3.05, 3.63) is 118 Å². The first-order valence-corrected chi connectivity index (χ1v) is 19.6. The molecular weight excluding hydrogens is 723 g/mol. The van der Waals surface area contributed by atoms with Crippen LogP contribution < -0.4 is 19.7 Å². The van der Waals surface area contributed by atoms with Gasteiger partial charge in [0.25, 0.3) is 23.6 Å². The molecule has 298 valence electrons. The van der Waals surface area contributed by atoms with Crippen LogP contribution in [0.1, 0.15) is 84.7 Å². The number of aryl methyl sites for hydroxylation is 2. The van der Waals surface area contributed by atoms with Crippen molar-refractivity contribution >= 4 is 40.9 Å². The zero-order chi connectivity index (χ0) is 40.5. The van der Waals surface area contributed by atoms with Gasteiger partial charge in [0.2, 0.25) is 5.91 Å². The summed E-state index contributed by atoms with van der Waals surface area (Å²) in [6.45, 7) is 6.07. The fourth-order valence-electron chi connectivity index (χ4n) is 7.22. The summed E-state index contributed by atoms with van der Waals surface area (Å²) in [5.41, 5.74) is 4.41. The van der Waals surface area contributed by atoms with Crippen LogP contribution in [0.3, 0.4) is 0 Å². The first-order chi connectivity index (χ1) is 27.5. The minimum Gasteiger partial charge on any atom is -0.495 e. The highest BCUT2D eigenvalue weighted by atomic mass is 16.5. The first kappa shape index (κ1) is 40.6. The van der Waals surface area contributed by atoms with Crippen LogP contribution in [0.2, 0.25) is 0 Å². The van der Waals surface area contributed by atoms with E-state index in [2.05, 4.69) is 17.3 Å². The van der Waals surface area contributed by atoms with E-state index in [1.807, 2.05) is 42.2 Å². The maximum Gasteiger partial charge on any atom is 0.261 e. The number of likely N-dealkylation sites (N-methyl/N-ethyl adjacent to an activating group) is 1. The first-order valence-electron chi connectivity index (χ1n) is 19.6. The third-order valence-electron chi connectivity index (χ3n) is 10.6. The third kappa shape index (κ3) is 9.69. The Labute approximate surface area is 334 Å². The monoisotopic (exact) mass is 773 g/mol. The second kappa shape index (κ2) is 18.8. The van der Waals surface area contributed by atoms with Gasteiger partial charge in [0.1, 0.15) is 11.5 Å². The number of ether oxygens (including phenoxy) is 2. The second-order valence-electron chi connectivity index (χ2n) is 14.6. The summed E-state index contributed by atoms with van der Waals surface area (Å²) in [4.78, 5) is 72.6. The normalized spacial score (nSPS) is 14.0. The Morgan fingerprint density at radius 2 is 1.49 bits per heavy atom. The quantitative estimate of drug-likeness (QED) is 0.101. The highest BCUT2D eigenvalue weighted by Gasteiger charge is 2.34. The van der Waals surface area contributed by atoms with Crippen LogP contribution in [-0.4, -0.2) is 105 Å². The van der Waals surface area contributed by atoms with Gasteiger partial charge in [-0.3, -0.25) is 28.9 Å². The number of methoxy groups -OCH3 is 1. The van der Waals surface area contributed by atoms with E-state index >= 15 is 0 Å². The number of hydrogen-bond acceptors (Lipinski definition) is 8. The van der Waals surface area contributed by atoms with Gasteiger partial charge in [0.15, 0.2) is 0 Å². The molecule has 6 rings (SSSR count). The van der Waals surface area contributed by atoms with Crippen LogP contribution >= 0.6 is 0 Å².